The van der Waals surface area contributed by atoms with E-state index in [0.717, 1.165) is 12.3 Å². The zero-order valence-electron chi connectivity index (χ0n) is 13.4. The molecule has 0 radical (unpaired) electrons. The fourth-order valence-electron chi connectivity index (χ4n) is 3.73. The summed E-state index contributed by atoms with van der Waals surface area (Å²) in [6.07, 6.45) is 1.22. The highest BCUT2D eigenvalue weighted by Gasteiger charge is 2.63. The second-order valence-electron chi connectivity index (χ2n) is 6.72. The number of rotatable bonds is 4. The lowest BCUT2D eigenvalue weighted by Crippen LogP contribution is -2.29. The smallest absolute Gasteiger partial charge is 0.126 e. The summed E-state index contributed by atoms with van der Waals surface area (Å²) in [7, 11) is 3.84. The minimum Gasteiger partial charge on any atom is -0.496 e. The number of nitrogens with one attached hydrogen (secondary N) is 1. The molecule has 0 amide bonds. The summed E-state index contributed by atoms with van der Waals surface area (Å²) in [6.45, 7) is 12.3. The monoisotopic (exact) mass is 261 g/mol. The Morgan fingerprint density at radius 3 is 2.21 bits per heavy atom. The van der Waals surface area contributed by atoms with Gasteiger partial charge in [0.1, 0.15) is 5.75 Å². The first-order valence-corrected chi connectivity index (χ1v) is 7.10. The van der Waals surface area contributed by atoms with E-state index >= 15 is 0 Å². The first kappa shape index (κ1) is 14.4. The van der Waals surface area contributed by atoms with E-state index in [9.17, 15) is 0 Å². The van der Waals surface area contributed by atoms with Crippen LogP contribution in [0.3, 0.4) is 0 Å². The predicted octanol–water partition coefficient (Wildman–Crippen LogP) is 3.51. The van der Waals surface area contributed by atoms with Gasteiger partial charge in [0.05, 0.1) is 7.11 Å². The van der Waals surface area contributed by atoms with Gasteiger partial charge in [0.2, 0.25) is 0 Å². The molecule has 0 spiro atoms. The third-order valence-electron chi connectivity index (χ3n) is 5.06. The van der Waals surface area contributed by atoms with Crippen LogP contribution in [0.1, 0.15) is 42.5 Å². The van der Waals surface area contributed by atoms with Crippen LogP contribution in [-0.2, 0) is 5.41 Å². The molecule has 0 aliphatic heterocycles. The maximum atomic E-state index is 5.78. The molecule has 1 aliphatic carbocycles. The standard InChI is InChI=1S/C17H27NO/c1-11-8-12(2)14(15(19-7)13(11)3)17(10-18-6)9-16(17,4)5/h8,18H,9-10H2,1-7H3. The van der Waals surface area contributed by atoms with Crippen molar-refractivity contribution in [3.63, 3.8) is 0 Å². The van der Waals surface area contributed by atoms with Crippen LogP contribution in [0, 0.1) is 26.2 Å². The summed E-state index contributed by atoms with van der Waals surface area (Å²) < 4.78 is 5.78. The number of hydrogen-bond donors (Lipinski definition) is 1. The van der Waals surface area contributed by atoms with E-state index in [1.807, 2.05) is 7.05 Å². The Morgan fingerprint density at radius 1 is 1.21 bits per heavy atom. The Balaban J connectivity index is 2.65. The van der Waals surface area contributed by atoms with E-state index in [2.05, 4.69) is 46.0 Å². The van der Waals surface area contributed by atoms with E-state index < -0.39 is 0 Å². The molecule has 106 valence electrons. The fourth-order valence-corrected chi connectivity index (χ4v) is 3.73. The molecule has 1 aromatic carbocycles. The first-order valence-electron chi connectivity index (χ1n) is 7.10. The van der Waals surface area contributed by atoms with Crippen molar-refractivity contribution in [3.05, 3.63) is 28.3 Å². The number of benzene rings is 1. The molecule has 19 heavy (non-hydrogen) atoms. The van der Waals surface area contributed by atoms with Crippen LogP contribution in [0.25, 0.3) is 0 Å². The Kier molecular flexibility index (Phi) is 3.42. The van der Waals surface area contributed by atoms with E-state index in [1.165, 1.54) is 28.7 Å². The SMILES string of the molecule is CNCC1(c2c(C)cc(C)c(C)c2OC)CC1(C)C. The number of ether oxygens (including phenoxy) is 1. The highest BCUT2D eigenvalue weighted by molar-refractivity contribution is 5.57. The molecule has 0 saturated heterocycles. The van der Waals surface area contributed by atoms with E-state index in [-0.39, 0.29) is 5.41 Å². The molecule has 2 rings (SSSR count). The van der Waals surface area contributed by atoms with Gasteiger partial charge in [0.15, 0.2) is 0 Å². The second kappa shape index (κ2) is 4.52. The van der Waals surface area contributed by atoms with E-state index in [0.29, 0.717) is 5.41 Å². The normalized spacial score (nSPS) is 24.4. The number of hydrogen-bond acceptors (Lipinski definition) is 2. The molecular weight excluding hydrogens is 234 g/mol. The maximum Gasteiger partial charge on any atom is 0.126 e. The number of likely N-dealkylation sites (N-methyl/N-ethyl adjacent to an activating group) is 1. The summed E-state index contributed by atoms with van der Waals surface area (Å²) in [5.74, 6) is 1.10. The average molecular weight is 261 g/mol. The van der Waals surface area contributed by atoms with Gasteiger partial charge in [-0.15, -0.1) is 0 Å². The molecule has 2 nitrogen and oxygen atoms in total. The van der Waals surface area contributed by atoms with Crippen molar-refractivity contribution in [3.8, 4) is 5.75 Å². The summed E-state index contributed by atoms with van der Waals surface area (Å²) >= 11 is 0. The zero-order chi connectivity index (χ0) is 14.4. The topological polar surface area (TPSA) is 21.3 Å². The van der Waals surface area contributed by atoms with Crippen LogP contribution < -0.4 is 10.1 Å². The molecule has 0 aromatic heterocycles. The summed E-state index contributed by atoms with van der Waals surface area (Å²) in [5.41, 5.74) is 5.93. The summed E-state index contributed by atoms with van der Waals surface area (Å²) in [4.78, 5) is 0. The van der Waals surface area contributed by atoms with E-state index in [1.54, 1.807) is 7.11 Å². The Hall–Kier alpha value is -1.02. The summed E-state index contributed by atoms with van der Waals surface area (Å²) in [5, 5.41) is 3.38. The van der Waals surface area contributed by atoms with Crippen molar-refractivity contribution >= 4 is 0 Å². The average Bonchev–Trinajstić information content (AvgIpc) is 2.86. The highest BCUT2D eigenvalue weighted by atomic mass is 16.5. The highest BCUT2D eigenvalue weighted by Crippen LogP contribution is 2.66. The van der Waals surface area contributed by atoms with Crippen LogP contribution in [0.15, 0.2) is 6.07 Å². The van der Waals surface area contributed by atoms with Gasteiger partial charge in [0, 0.05) is 17.5 Å². The van der Waals surface area contributed by atoms with Gasteiger partial charge in [0.25, 0.3) is 0 Å². The van der Waals surface area contributed by atoms with Crippen molar-refractivity contribution in [2.45, 2.75) is 46.5 Å². The van der Waals surface area contributed by atoms with Gasteiger partial charge in [-0.3, -0.25) is 0 Å². The van der Waals surface area contributed by atoms with Crippen molar-refractivity contribution < 1.29 is 4.74 Å². The molecule has 1 atom stereocenters. The second-order valence-corrected chi connectivity index (χ2v) is 6.72. The van der Waals surface area contributed by atoms with Crippen molar-refractivity contribution in [2.24, 2.45) is 5.41 Å². The van der Waals surface area contributed by atoms with E-state index in [4.69, 9.17) is 4.74 Å². The quantitative estimate of drug-likeness (QED) is 0.895. The Morgan fingerprint density at radius 2 is 1.79 bits per heavy atom. The van der Waals surface area contributed by atoms with Gasteiger partial charge in [-0.25, -0.2) is 0 Å². The van der Waals surface area contributed by atoms with Gasteiger partial charge >= 0.3 is 0 Å². The lowest BCUT2D eigenvalue weighted by molar-refractivity contribution is 0.386. The zero-order valence-corrected chi connectivity index (χ0v) is 13.4. The third-order valence-corrected chi connectivity index (χ3v) is 5.06. The molecule has 1 N–H and O–H groups in total. The molecule has 1 aliphatic rings. The Labute approximate surface area is 117 Å². The van der Waals surface area contributed by atoms with Gasteiger partial charge in [-0.1, -0.05) is 19.9 Å². The van der Waals surface area contributed by atoms with Crippen molar-refractivity contribution in [2.75, 3.05) is 20.7 Å². The molecule has 1 saturated carbocycles. The minimum atomic E-state index is 0.218. The molecule has 0 bridgehead atoms. The molecule has 0 heterocycles. The van der Waals surface area contributed by atoms with Crippen LogP contribution in [0.4, 0.5) is 0 Å². The predicted molar refractivity (Wildman–Crippen MR) is 81.2 cm³/mol. The Bertz CT molecular complexity index is 504. The lowest BCUT2D eigenvalue weighted by atomic mass is 9.82. The van der Waals surface area contributed by atoms with Crippen molar-refractivity contribution in [1.82, 2.24) is 5.32 Å². The lowest BCUT2D eigenvalue weighted by Gasteiger charge is -2.27. The largest absolute Gasteiger partial charge is 0.496 e. The van der Waals surface area contributed by atoms with Gasteiger partial charge in [-0.2, -0.15) is 0 Å². The maximum absolute atomic E-state index is 5.78. The van der Waals surface area contributed by atoms with Crippen LogP contribution in [-0.4, -0.2) is 20.7 Å². The number of aryl methyl sites for hydroxylation is 2. The fraction of sp³-hybridized carbons (Fsp3) is 0.647. The van der Waals surface area contributed by atoms with Crippen LogP contribution >= 0.6 is 0 Å². The first-order chi connectivity index (χ1) is 8.80. The number of methoxy groups -OCH3 is 1. The van der Waals surface area contributed by atoms with Gasteiger partial charge in [-0.05, 0) is 56.3 Å². The molecular formula is C17H27NO. The summed E-state index contributed by atoms with van der Waals surface area (Å²) in [6, 6.07) is 2.30. The molecule has 1 aromatic rings. The molecule has 1 fully saturated rings. The van der Waals surface area contributed by atoms with Crippen molar-refractivity contribution in [1.29, 1.82) is 0 Å². The molecule has 1 unspecified atom stereocenters. The molecule has 2 heteroatoms. The van der Waals surface area contributed by atoms with Crippen LogP contribution in [0.5, 0.6) is 5.75 Å². The minimum absolute atomic E-state index is 0.218. The van der Waals surface area contributed by atoms with Crippen LogP contribution in [0.2, 0.25) is 0 Å². The van der Waals surface area contributed by atoms with Gasteiger partial charge < -0.3 is 10.1 Å². The third kappa shape index (κ3) is 1.97.